The molecule has 13 heavy (non-hydrogen) atoms. The SMILES string of the molecule is CCC(CC)(CBr)CSC(C)(C)C. The molecule has 0 aliphatic rings. The molecule has 0 atom stereocenters. The maximum Gasteiger partial charge on any atom is 0.00956 e. The van der Waals surface area contributed by atoms with Crippen molar-refractivity contribution in [3.63, 3.8) is 0 Å². The molecule has 0 spiro atoms. The lowest BCUT2D eigenvalue weighted by Gasteiger charge is -2.32. The van der Waals surface area contributed by atoms with Gasteiger partial charge in [0.05, 0.1) is 0 Å². The number of hydrogen-bond acceptors (Lipinski definition) is 1. The van der Waals surface area contributed by atoms with Crippen molar-refractivity contribution in [2.24, 2.45) is 5.41 Å². The molecule has 80 valence electrons. The molecule has 0 amide bonds. The third-order valence-corrected chi connectivity index (χ3v) is 5.41. The Bertz CT molecular complexity index is 125. The smallest absolute Gasteiger partial charge is 0.00956 e. The van der Waals surface area contributed by atoms with E-state index in [0.29, 0.717) is 10.2 Å². The highest BCUT2D eigenvalue weighted by Gasteiger charge is 2.27. The van der Waals surface area contributed by atoms with E-state index in [9.17, 15) is 0 Å². The Morgan fingerprint density at radius 3 is 1.77 bits per heavy atom. The van der Waals surface area contributed by atoms with Crippen molar-refractivity contribution in [2.45, 2.75) is 52.2 Å². The van der Waals surface area contributed by atoms with Crippen LogP contribution in [0.1, 0.15) is 47.5 Å². The minimum atomic E-state index is 0.401. The second kappa shape index (κ2) is 5.65. The van der Waals surface area contributed by atoms with Crippen LogP contribution < -0.4 is 0 Å². The van der Waals surface area contributed by atoms with Crippen LogP contribution in [0, 0.1) is 5.41 Å². The standard InChI is InChI=1S/C11H23BrS/c1-6-11(7-2,8-12)9-13-10(3,4)5/h6-9H2,1-5H3. The van der Waals surface area contributed by atoms with E-state index in [0.717, 1.165) is 5.33 Å². The Morgan fingerprint density at radius 1 is 1.08 bits per heavy atom. The van der Waals surface area contributed by atoms with E-state index in [1.807, 2.05) is 0 Å². The minimum Gasteiger partial charge on any atom is -0.155 e. The molecule has 2 heteroatoms. The molecule has 0 unspecified atom stereocenters. The molecular weight excluding hydrogens is 244 g/mol. The van der Waals surface area contributed by atoms with Crippen molar-refractivity contribution in [3.8, 4) is 0 Å². The predicted octanol–water partition coefficient (Wildman–Crippen LogP) is 4.72. The normalized spacial score (nSPS) is 13.4. The summed E-state index contributed by atoms with van der Waals surface area (Å²) in [5.41, 5.74) is 0.512. The van der Waals surface area contributed by atoms with Crippen LogP contribution in [-0.2, 0) is 0 Å². The summed E-state index contributed by atoms with van der Waals surface area (Å²) in [5, 5.41) is 1.14. The highest BCUT2D eigenvalue weighted by Crippen LogP contribution is 2.37. The van der Waals surface area contributed by atoms with Crippen LogP contribution in [0.2, 0.25) is 0 Å². The van der Waals surface area contributed by atoms with Crippen molar-refractivity contribution < 1.29 is 0 Å². The second-order valence-corrected chi connectivity index (χ2v) is 7.10. The number of hydrogen-bond donors (Lipinski definition) is 0. The van der Waals surface area contributed by atoms with E-state index in [1.165, 1.54) is 18.6 Å². The second-order valence-electron chi connectivity index (χ2n) is 4.74. The molecule has 0 heterocycles. The van der Waals surface area contributed by atoms with Crippen LogP contribution in [0.4, 0.5) is 0 Å². The van der Waals surface area contributed by atoms with Gasteiger partial charge in [0.25, 0.3) is 0 Å². The Labute approximate surface area is 96.4 Å². The Kier molecular flexibility index (Phi) is 6.01. The summed E-state index contributed by atoms with van der Waals surface area (Å²) >= 11 is 5.73. The molecule has 0 rings (SSSR count). The molecule has 0 aromatic heterocycles. The van der Waals surface area contributed by atoms with Crippen LogP contribution in [0.25, 0.3) is 0 Å². The third kappa shape index (κ3) is 5.31. The zero-order valence-corrected chi connectivity index (χ0v) is 12.0. The third-order valence-electron chi connectivity index (χ3n) is 2.59. The predicted molar refractivity (Wildman–Crippen MR) is 69.0 cm³/mol. The van der Waals surface area contributed by atoms with Gasteiger partial charge in [0, 0.05) is 15.8 Å². The molecule has 0 radical (unpaired) electrons. The Hall–Kier alpha value is 0.830. The van der Waals surface area contributed by atoms with Gasteiger partial charge >= 0.3 is 0 Å². The van der Waals surface area contributed by atoms with E-state index in [1.54, 1.807) is 0 Å². The molecule has 0 saturated heterocycles. The number of thioether (sulfide) groups is 1. The molecule has 0 saturated carbocycles. The summed E-state index contributed by atoms with van der Waals surface area (Å²) in [6.45, 7) is 11.5. The molecule has 0 nitrogen and oxygen atoms in total. The molecule has 0 aliphatic carbocycles. The van der Waals surface area contributed by atoms with Gasteiger partial charge in [-0.15, -0.1) is 0 Å². The van der Waals surface area contributed by atoms with Gasteiger partial charge in [0.1, 0.15) is 0 Å². The first-order chi connectivity index (χ1) is 5.89. The number of halogens is 1. The molecule has 0 aliphatic heterocycles. The molecule has 0 fully saturated rings. The topological polar surface area (TPSA) is 0 Å². The monoisotopic (exact) mass is 266 g/mol. The lowest BCUT2D eigenvalue weighted by atomic mass is 9.87. The van der Waals surface area contributed by atoms with Crippen LogP contribution in [0.3, 0.4) is 0 Å². The average Bonchev–Trinajstić information content (AvgIpc) is 2.06. The fourth-order valence-corrected chi connectivity index (χ4v) is 3.55. The van der Waals surface area contributed by atoms with Crippen molar-refractivity contribution in [2.75, 3.05) is 11.1 Å². The fourth-order valence-electron chi connectivity index (χ4n) is 1.05. The van der Waals surface area contributed by atoms with Crippen molar-refractivity contribution >= 4 is 27.7 Å². The largest absolute Gasteiger partial charge is 0.155 e. The van der Waals surface area contributed by atoms with Crippen LogP contribution >= 0.6 is 27.7 Å². The zero-order chi connectivity index (χ0) is 10.5. The van der Waals surface area contributed by atoms with Crippen molar-refractivity contribution in [1.29, 1.82) is 0 Å². The van der Waals surface area contributed by atoms with Crippen molar-refractivity contribution in [1.82, 2.24) is 0 Å². The van der Waals surface area contributed by atoms with Crippen LogP contribution in [-0.4, -0.2) is 15.8 Å². The lowest BCUT2D eigenvalue weighted by Crippen LogP contribution is -2.26. The molecule has 0 bridgehead atoms. The quantitative estimate of drug-likeness (QED) is 0.649. The van der Waals surface area contributed by atoms with E-state index in [4.69, 9.17) is 0 Å². The summed E-state index contributed by atoms with van der Waals surface area (Å²) < 4.78 is 0.401. The summed E-state index contributed by atoms with van der Waals surface area (Å²) in [6, 6.07) is 0. The van der Waals surface area contributed by atoms with Gasteiger partial charge in [-0.05, 0) is 18.3 Å². The Balaban J connectivity index is 4.11. The highest BCUT2D eigenvalue weighted by atomic mass is 79.9. The van der Waals surface area contributed by atoms with Gasteiger partial charge in [0.15, 0.2) is 0 Å². The van der Waals surface area contributed by atoms with E-state index < -0.39 is 0 Å². The first-order valence-corrected chi connectivity index (χ1v) is 7.20. The first kappa shape index (κ1) is 13.8. The maximum absolute atomic E-state index is 3.65. The van der Waals surface area contributed by atoms with Gasteiger partial charge in [-0.1, -0.05) is 50.5 Å². The maximum atomic E-state index is 3.65. The summed E-state index contributed by atoms with van der Waals surface area (Å²) in [6.07, 6.45) is 2.55. The van der Waals surface area contributed by atoms with Gasteiger partial charge in [0.2, 0.25) is 0 Å². The first-order valence-electron chi connectivity index (χ1n) is 5.09. The fraction of sp³-hybridized carbons (Fsp3) is 1.00. The minimum absolute atomic E-state index is 0.401. The number of rotatable bonds is 5. The lowest BCUT2D eigenvalue weighted by molar-refractivity contribution is 0.358. The molecule has 0 aromatic carbocycles. The van der Waals surface area contributed by atoms with Gasteiger partial charge < -0.3 is 0 Å². The van der Waals surface area contributed by atoms with Gasteiger partial charge in [-0.3, -0.25) is 0 Å². The molecular formula is C11H23BrS. The van der Waals surface area contributed by atoms with E-state index in [-0.39, 0.29) is 0 Å². The molecule has 0 aromatic rings. The summed E-state index contributed by atoms with van der Waals surface area (Å²) in [5.74, 6) is 1.27. The summed E-state index contributed by atoms with van der Waals surface area (Å²) in [7, 11) is 0. The average molecular weight is 267 g/mol. The van der Waals surface area contributed by atoms with E-state index >= 15 is 0 Å². The van der Waals surface area contributed by atoms with Gasteiger partial charge in [-0.2, -0.15) is 11.8 Å². The summed E-state index contributed by atoms with van der Waals surface area (Å²) in [4.78, 5) is 0. The number of alkyl halides is 1. The molecule has 0 N–H and O–H groups in total. The van der Waals surface area contributed by atoms with Crippen molar-refractivity contribution in [3.05, 3.63) is 0 Å². The highest BCUT2D eigenvalue weighted by molar-refractivity contribution is 9.09. The van der Waals surface area contributed by atoms with Crippen LogP contribution in [0.15, 0.2) is 0 Å². The van der Waals surface area contributed by atoms with E-state index in [2.05, 4.69) is 62.3 Å². The van der Waals surface area contributed by atoms with Gasteiger partial charge in [-0.25, -0.2) is 0 Å². The Morgan fingerprint density at radius 2 is 1.54 bits per heavy atom. The van der Waals surface area contributed by atoms with Crippen LogP contribution in [0.5, 0.6) is 0 Å². The zero-order valence-electron chi connectivity index (χ0n) is 9.61.